The molecule has 7 nitrogen and oxygen atoms in total. The topological polar surface area (TPSA) is 88.2 Å². The summed E-state index contributed by atoms with van der Waals surface area (Å²) in [6.45, 7) is 2.77. The molecule has 23 heavy (non-hydrogen) atoms. The number of rotatable bonds is 4. The van der Waals surface area contributed by atoms with Crippen molar-refractivity contribution in [3.63, 3.8) is 0 Å². The summed E-state index contributed by atoms with van der Waals surface area (Å²) in [5.74, 6) is 1.15. The van der Waals surface area contributed by atoms with E-state index in [1.165, 1.54) is 17.7 Å². The molecule has 0 bridgehead atoms. The van der Waals surface area contributed by atoms with Gasteiger partial charge in [0.1, 0.15) is 22.8 Å². The Balaban J connectivity index is 1.92. The number of piperidine rings is 1. The summed E-state index contributed by atoms with van der Waals surface area (Å²) >= 11 is 0. The van der Waals surface area contributed by atoms with Crippen molar-refractivity contribution in [3.05, 3.63) is 35.9 Å². The van der Waals surface area contributed by atoms with Gasteiger partial charge in [-0.05, 0) is 37.5 Å². The normalized spacial score (nSPS) is 19.7. The van der Waals surface area contributed by atoms with Gasteiger partial charge in [0.2, 0.25) is 10.0 Å². The minimum absolute atomic E-state index is 0.0387. The van der Waals surface area contributed by atoms with Crippen LogP contribution in [0, 0.1) is 6.92 Å². The number of nitrogens with zero attached hydrogens (tertiary/aromatic N) is 3. The smallest absolute Gasteiger partial charge is 0.246 e. The third-order valence-corrected chi connectivity index (χ3v) is 6.03. The molecule has 2 aromatic rings. The number of benzene rings is 1. The van der Waals surface area contributed by atoms with E-state index in [-0.39, 0.29) is 10.8 Å². The van der Waals surface area contributed by atoms with Gasteiger partial charge in [-0.3, -0.25) is 5.10 Å². The van der Waals surface area contributed by atoms with Crippen molar-refractivity contribution < 1.29 is 13.2 Å². The maximum atomic E-state index is 13.0. The third-order valence-electron chi connectivity index (χ3n) is 4.14. The minimum atomic E-state index is -3.61. The number of aromatic nitrogens is 3. The molecule has 1 aromatic heterocycles. The fourth-order valence-electron chi connectivity index (χ4n) is 2.92. The monoisotopic (exact) mass is 336 g/mol. The number of hydrogen-bond acceptors (Lipinski definition) is 5. The summed E-state index contributed by atoms with van der Waals surface area (Å²) in [7, 11) is -2.12. The second kappa shape index (κ2) is 6.29. The molecule has 8 heteroatoms. The molecule has 0 radical (unpaired) electrons. The summed E-state index contributed by atoms with van der Waals surface area (Å²) in [6.07, 6.45) is 3.14. The standard InChI is InChI=1S/C15H20N4O3S/c1-11-5-6-13(22-2)14(8-11)23(20,21)19-7-3-4-12(9-19)15-16-10-17-18-15/h5-6,8,10,12H,3-4,7,9H2,1-2H3,(H,16,17,18)/t12-/m1/s1. The number of methoxy groups -OCH3 is 1. The van der Waals surface area contributed by atoms with E-state index in [1.54, 1.807) is 12.1 Å². The summed E-state index contributed by atoms with van der Waals surface area (Å²) in [4.78, 5) is 4.38. The predicted molar refractivity (Wildman–Crippen MR) is 84.8 cm³/mol. The van der Waals surface area contributed by atoms with Crippen LogP contribution in [0.5, 0.6) is 5.75 Å². The van der Waals surface area contributed by atoms with Crippen molar-refractivity contribution in [1.29, 1.82) is 0 Å². The van der Waals surface area contributed by atoms with E-state index in [2.05, 4.69) is 15.2 Å². The summed E-state index contributed by atoms with van der Waals surface area (Å²) in [5, 5.41) is 6.70. The lowest BCUT2D eigenvalue weighted by molar-refractivity contribution is 0.307. The molecule has 1 saturated heterocycles. The van der Waals surface area contributed by atoms with Crippen LogP contribution in [0.1, 0.15) is 30.1 Å². The van der Waals surface area contributed by atoms with Crippen molar-refractivity contribution >= 4 is 10.0 Å². The second-order valence-electron chi connectivity index (χ2n) is 5.73. The summed E-state index contributed by atoms with van der Waals surface area (Å²) < 4.78 is 32.8. The maximum Gasteiger partial charge on any atom is 0.246 e. The van der Waals surface area contributed by atoms with Crippen LogP contribution in [0.3, 0.4) is 0 Å². The molecule has 0 amide bonds. The average Bonchev–Trinajstić information content (AvgIpc) is 3.09. The van der Waals surface area contributed by atoms with Crippen LogP contribution in [0.4, 0.5) is 0 Å². The first kappa shape index (κ1) is 15.9. The van der Waals surface area contributed by atoms with Crippen LogP contribution in [-0.4, -0.2) is 48.1 Å². The molecule has 1 aliphatic rings. The first-order valence-electron chi connectivity index (χ1n) is 7.52. The van der Waals surface area contributed by atoms with E-state index in [4.69, 9.17) is 4.74 Å². The van der Waals surface area contributed by atoms with Gasteiger partial charge < -0.3 is 4.74 Å². The zero-order chi connectivity index (χ0) is 16.4. The van der Waals surface area contributed by atoms with Crippen LogP contribution < -0.4 is 4.74 Å². The van der Waals surface area contributed by atoms with Gasteiger partial charge in [-0.15, -0.1) is 0 Å². The van der Waals surface area contributed by atoms with Gasteiger partial charge in [-0.1, -0.05) is 6.07 Å². The Kier molecular flexibility index (Phi) is 4.36. The van der Waals surface area contributed by atoms with Crippen molar-refractivity contribution in [2.24, 2.45) is 0 Å². The molecule has 0 saturated carbocycles. The molecule has 0 aliphatic carbocycles. The van der Waals surface area contributed by atoms with Crippen LogP contribution in [-0.2, 0) is 10.0 Å². The molecule has 1 aliphatic heterocycles. The Morgan fingerprint density at radius 2 is 2.22 bits per heavy atom. The zero-order valence-electron chi connectivity index (χ0n) is 13.2. The van der Waals surface area contributed by atoms with Crippen LogP contribution in [0.2, 0.25) is 0 Å². The van der Waals surface area contributed by atoms with Gasteiger partial charge in [0.25, 0.3) is 0 Å². The van der Waals surface area contributed by atoms with Gasteiger partial charge in [0.05, 0.1) is 7.11 Å². The van der Waals surface area contributed by atoms with E-state index in [0.29, 0.717) is 18.8 Å². The highest BCUT2D eigenvalue weighted by molar-refractivity contribution is 7.89. The fourth-order valence-corrected chi connectivity index (χ4v) is 4.68. The SMILES string of the molecule is COc1ccc(C)cc1S(=O)(=O)N1CCC[C@@H](c2ncn[nH]2)C1. The highest BCUT2D eigenvalue weighted by atomic mass is 32.2. The lowest BCUT2D eigenvalue weighted by atomic mass is 9.99. The largest absolute Gasteiger partial charge is 0.495 e. The van der Waals surface area contributed by atoms with Gasteiger partial charge in [-0.2, -0.15) is 9.40 Å². The van der Waals surface area contributed by atoms with E-state index in [9.17, 15) is 8.42 Å². The van der Waals surface area contributed by atoms with Crippen molar-refractivity contribution in [1.82, 2.24) is 19.5 Å². The van der Waals surface area contributed by atoms with E-state index in [1.807, 2.05) is 13.0 Å². The second-order valence-corrected chi connectivity index (χ2v) is 7.63. The van der Waals surface area contributed by atoms with Gasteiger partial charge >= 0.3 is 0 Å². The molecule has 1 atom stereocenters. The number of aromatic amines is 1. The number of hydrogen-bond donors (Lipinski definition) is 1. The Bertz CT molecular complexity index is 774. The highest BCUT2D eigenvalue weighted by Gasteiger charge is 2.33. The lowest BCUT2D eigenvalue weighted by Gasteiger charge is -2.31. The number of nitrogens with one attached hydrogen (secondary N) is 1. The number of ether oxygens (including phenoxy) is 1. The summed E-state index contributed by atoms with van der Waals surface area (Å²) in [5.41, 5.74) is 0.883. The molecular formula is C15H20N4O3S. The van der Waals surface area contributed by atoms with Crippen LogP contribution in [0.15, 0.2) is 29.4 Å². The number of H-pyrrole nitrogens is 1. The maximum absolute atomic E-state index is 13.0. The molecule has 1 N–H and O–H groups in total. The Morgan fingerprint density at radius 3 is 2.91 bits per heavy atom. The fraction of sp³-hybridized carbons (Fsp3) is 0.467. The van der Waals surface area contributed by atoms with Gasteiger partial charge in [-0.25, -0.2) is 13.4 Å². The van der Waals surface area contributed by atoms with E-state index >= 15 is 0 Å². The molecule has 0 spiro atoms. The van der Waals surface area contributed by atoms with Crippen LogP contribution in [0.25, 0.3) is 0 Å². The van der Waals surface area contributed by atoms with E-state index in [0.717, 1.165) is 24.2 Å². The molecule has 3 rings (SSSR count). The molecule has 2 heterocycles. The number of aryl methyl sites for hydroxylation is 1. The summed E-state index contributed by atoms with van der Waals surface area (Å²) in [6, 6.07) is 5.19. The highest BCUT2D eigenvalue weighted by Crippen LogP contribution is 2.32. The Morgan fingerprint density at radius 1 is 1.39 bits per heavy atom. The quantitative estimate of drug-likeness (QED) is 0.918. The predicted octanol–water partition coefficient (Wildman–Crippen LogP) is 1.69. The molecule has 1 fully saturated rings. The Labute approximate surface area is 135 Å². The van der Waals surface area contributed by atoms with E-state index < -0.39 is 10.0 Å². The van der Waals surface area contributed by atoms with Crippen molar-refractivity contribution in [2.75, 3.05) is 20.2 Å². The third kappa shape index (κ3) is 3.09. The minimum Gasteiger partial charge on any atom is -0.495 e. The zero-order valence-corrected chi connectivity index (χ0v) is 14.0. The lowest BCUT2D eigenvalue weighted by Crippen LogP contribution is -2.39. The molecule has 124 valence electrons. The van der Waals surface area contributed by atoms with Gasteiger partial charge in [0, 0.05) is 19.0 Å². The molecular weight excluding hydrogens is 316 g/mol. The van der Waals surface area contributed by atoms with Gasteiger partial charge in [0.15, 0.2) is 0 Å². The van der Waals surface area contributed by atoms with Crippen molar-refractivity contribution in [3.8, 4) is 5.75 Å². The van der Waals surface area contributed by atoms with Crippen LogP contribution >= 0.6 is 0 Å². The number of sulfonamides is 1. The Hall–Kier alpha value is -1.93. The molecule has 0 unspecified atom stereocenters. The average molecular weight is 336 g/mol. The first-order valence-corrected chi connectivity index (χ1v) is 8.96. The first-order chi connectivity index (χ1) is 11.0. The molecule has 1 aromatic carbocycles. The van der Waals surface area contributed by atoms with Crippen molar-refractivity contribution in [2.45, 2.75) is 30.6 Å².